The Morgan fingerprint density at radius 3 is 1.96 bits per heavy atom. The normalized spacial score (nSPS) is 24.6. The zero-order chi connectivity index (χ0) is 18.5. The molecule has 2 aliphatic heterocycles. The first-order chi connectivity index (χ1) is 11.5. The third kappa shape index (κ3) is 3.52. The van der Waals surface area contributed by atoms with E-state index in [1.807, 2.05) is 46.8 Å². The first-order valence-corrected chi connectivity index (χ1v) is 10.4. The number of piperidine rings is 1. The van der Waals surface area contributed by atoms with Gasteiger partial charge in [0.05, 0.1) is 16.1 Å². The van der Waals surface area contributed by atoms with Crippen molar-refractivity contribution in [2.45, 2.75) is 69.4 Å². The zero-order valence-corrected chi connectivity index (χ0v) is 16.6. The van der Waals surface area contributed by atoms with Crippen LogP contribution in [0, 0.1) is 6.92 Å². The van der Waals surface area contributed by atoms with Crippen LogP contribution >= 0.6 is 0 Å². The lowest BCUT2D eigenvalue weighted by molar-refractivity contribution is 0.00578. The molecule has 0 radical (unpaired) electrons. The molecule has 2 aliphatic rings. The van der Waals surface area contributed by atoms with Crippen molar-refractivity contribution in [3.8, 4) is 0 Å². The fourth-order valence-corrected chi connectivity index (χ4v) is 4.80. The topological polar surface area (TPSA) is 55.8 Å². The summed E-state index contributed by atoms with van der Waals surface area (Å²) < 4.78 is 39.4. The number of hydrogen-bond donors (Lipinski definition) is 0. The second-order valence-electron chi connectivity index (χ2n) is 8.18. The lowest BCUT2D eigenvalue weighted by atomic mass is 9.67. The van der Waals surface area contributed by atoms with Crippen LogP contribution in [-0.2, 0) is 19.3 Å². The Kier molecular flexibility index (Phi) is 4.82. The number of rotatable bonds is 3. The Morgan fingerprint density at radius 2 is 1.48 bits per heavy atom. The monoisotopic (exact) mass is 365 g/mol. The molecule has 0 saturated carbocycles. The van der Waals surface area contributed by atoms with E-state index >= 15 is 0 Å². The van der Waals surface area contributed by atoms with Crippen molar-refractivity contribution in [1.82, 2.24) is 4.31 Å². The van der Waals surface area contributed by atoms with Gasteiger partial charge >= 0.3 is 7.12 Å². The predicted octanol–water partition coefficient (Wildman–Crippen LogP) is 3.24. The fraction of sp³-hybridized carbons (Fsp3) is 0.667. The minimum atomic E-state index is -3.42. The van der Waals surface area contributed by atoms with E-state index in [2.05, 4.69) is 0 Å². The highest BCUT2D eigenvalue weighted by atomic mass is 32.2. The van der Waals surface area contributed by atoms with Gasteiger partial charge in [0.15, 0.2) is 0 Å². The molecular weight excluding hydrogens is 337 g/mol. The molecule has 1 aromatic carbocycles. The molecule has 138 valence electrons. The zero-order valence-electron chi connectivity index (χ0n) is 15.8. The van der Waals surface area contributed by atoms with Crippen molar-refractivity contribution in [1.29, 1.82) is 0 Å². The van der Waals surface area contributed by atoms with Gasteiger partial charge < -0.3 is 9.31 Å². The van der Waals surface area contributed by atoms with Crippen LogP contribution in [0.1, 0.15) is 46.1 Å². The summed E-state index contributed by atoms with van der Waals surface area (Å²) in [4.78, 5) is 0.368. The van der Waals surface area contributed by atoms with Crippen LogP contribution in [0.2, 0.25) is 5.82 Å². The predicted molar refractivity (Wildman–Crippen MR) is 99.0 cm³/mol. The van der Waals surface area contributed by atoms with Gasteiger partial charge in [-0.3, -0.25) is 0 Å². The Labute approximate surface area is 151 Å². The van der Waals surface area contributed by atoms with Gasteiger partial charge in [-0.15, -0.1) is 0 Å². The first kappa shape index (κ1) is 18.9. The fourth-order valence-electron chi connectivity index (χ4n) is 3.33. The van der Waals surface area contributed by atoms with Crippen LogP contribution in [0.3, 0.4) is 0 Å². The van der Waals surface area contributed by atoms with Crippen molar-refractivity contribution in [3.05, 3.63) is 29.8 Å². The number of aryl methyl sites for hydroxylation is 1. The molecule has 0 unspecified atom stereocenters. The molecule has 0 amide bonds. The van der Waals surface area contributed by atoms with E-state index < -0.39 is 10.0 Å². The molecule has 5 nitrogen and oxygen atoms in total. The third-order valence-corrected chi connectivity index (χ3v) is 7.73. The van der Waals surface area contributed by atoms with Crippen LogP contribution in [-0.4, -0.2) is 44.1 Å². The summed E-state index contributed by atoms with van der Waals surface area (Å²) in [5, 5.41) is 0. The molecule has 2 saturated heterocycles. The smallest absolute Gasteiger partial charge is 0.403 e. The van der Waals surface area contributed by atoms with Crippen molar-refractivity contribution >= 4 is 17.1 Å². The van der Waals surface area contributed by atoms with Gasteiger partial charge in [-0.25, -0.2) is 8.42 Å². The molecule has 2 heterocycles. The van der Waals surface area contributed by atoms with E-state index in [9.17, 15) is 8.42 Å². The summed E-state index contributed by atoms with van der Waals surface area (Å²) in [5.74, 6) is 0.227. The van der Waals surface area contributed by atoms with Gasteiger partial charge in [-0.2, -0.15) is 4.31 Å². The van der Waals surface area contributed by atoms with Crippen LogP contribution in [0.25, 0.3) is 0 Å². The van der Waals surface area contributed by atoms with E-state index in [4.69, 9.17) is 9.31 Å². The average Bonchev–Trinajstić information content (AvgIpc) is 2.76. The third-order valence-electron chi connectivity index (χ3n) is 5.81. The molecule has 7 heteroatoms. The van der Waals surface area contributed by atoms with E-state index in [-0.39, 0.29) is 24.1 Å². The molecule has 1 aromatic rings. The summed E-state index contributed by atoms with van der Waals surface area (Å²) in [6, 6.07) is 7.05. The number of hydrogen-bond acceptors (Lipinski definition) is 4. The summed E-state index contributed by atoms with van der Waals surface area (Å²) in [6.45, 7) is 11.1. The van der Waals surface area contributed by atoms with Crippen molar-refractivity contribution in [2.75, 3.05) is 13.1 Å². The molecule has 2 fully saturated rings. The molecule has 0 N–H and O–H groups in total. The average molecular weight is 365 g/mol. The van der Waals surface area contributed by atoms with Crippen molar-refractivity contribution < 1.29 is 17.7 Å². The Hall–Kier alpha value is -0.885. The minimum Gasteiger partial charge on any atom is -0.403 e. The van der Waals surface area contributed by atoms with Crippen LogP contribution in [0.5, 0.6) is 0 Å². The maximum absolute atomic E-state index is 12.8. The van der Waals surface area contributed by atoms with Gasteiger partial charge in [0.2, 0.25) is 10.0 Å². The van der Waals surface area contributed by atoms with Crippen LogP contribution in [0.15, 0.2) is 29.2 Å². The lowest BCUT2D eigenvalue weighted by Crippen LogP contribution is -2.41. The van der Waals surface area contributed by atoms with Crippen LogP contribution in [0.4, 0.5) is 0 Å². The standard InChI is InChI=1S/C18H28BNO4S/c1-14-6-8-16(9-7-14)25(21,22)20-12-10-15(11-13-20)19-23-17(2,3)18(4,5)24-19/h6-9,15H,10-13H2,1-5H3. The van der Waals surface area contributed by atoms with Crippen LogP contribution < -0.4 is 0 Å². The second-order valence-corrected chi connectivity index (χ2v) is 10.1. The summed E-state index contributed by atoms with van der Waals surface area (Å²) in [5.41, 5.74) is 0.365. The summed E-state index contributed by atoms with van der Waals surface area (Å²) >= 11 is 0. The molecule has 0 bridgehead atoms. The van der Waals surface area contributed by atoms with Gasteiger partial charge in [0.25, 0.3) is 0 Å². The summed E-state index contributed by atoms with van der Waals surface area (Å²) in [7, 11) is -3.68. The number of benzene rings is 1. The Morgan fingerprint density at radius 1 is 1.00 bits per heavy atom. The van der Waals surface area contributed by atoms with E-state index in [0.717, 1.165) is 18.4 Å². The van der Waals surface area contributed by atoms with Gasteiger partial charge in [-0.1, -0.05) is 17.7 Å². The number of nitrogens with zero attached hydrogens (tertiary/aromatic N) is 1. The van der Waals surface area contributed by atoms with Gasteiger partial charge in [0, 0.05) is 13.1 Å². The molecule has 0 spiro atoms. The maximum Gasteiger partial charge on any atom is 0.461 e. The Balaban J connectivity index is 1.65. The molecular formula is C18H28BNO4S. The molecule has 0 atom stereocenters. The molecule has 0 aromatic heterocycles. The maximum atomic E-state index is 12.8. The largest absolute Gasteiger partial charge is 0.461 e. The van der Waals surface area contributed by atoms with Gasteiger partial charge in [0.1, 0.15) is 0 Å². The molecule has 3 rings (SSSR count). The lowest BCUT2D eigenvalue weighted by Gasteiger charge is -2.32. The molecule has 25 heavy (non-hydrogen) atoms. The molecule has 0 aliphatic carbocycles. The quantitative estimate of drug-likeness (QED) is 0.772. The highest BCUT2D eigenvalue weighted by Crippen LogP contribution is 2.42. The van der Waals surface area contributed by atoms with E-state index in [1.165, 1.54) is 0 Å². The first-order valence-electron chi connectivity index (χ1n) is 8.95. The van der Waals surface area contributed by atoms with E-state index in [0.29, 0.717) is 18.0 Å². The SMILES string of the molecule is Cc1ccc(S(=O)(=O)N2CCC(B3OC(C)(C)C(C)(C)O3)CC2)cc1. The second kappa shape index (κ2) is 6.37. The van der Waals surface area contributed by atoms with Crippen molar-refractivity contribution in [2.24, 2.45) is 0 Å². The minimum absolute atomic E-state index is 0.227. The van der Waals surface area contributed by atoms with Gasteiger partial charge in [-0.05, 0) is 65.4 Å². The highest BCUT2D eigenvalue weighted by Gasteiger charge is 2.54. The highest BCUT2D eigenvalue weighted by molar-refractivity contribution is 7.89. The van der Waals surface area contributed by atoms with E-state index in [1.54, 1.807) is 16.4 Å². The summed E-state index contributed by atoms with van der Waals surface area (Å²) in [6.07, 6.45) is 1.50. The number of sulfonamides is 1. The Bertz CT molecular complexity index is 706. The van der Waals surface area contributed by atoms with Crippen molar-refractivity contribution in [3.63, 3.8) is 0 Å².